The summed E-state index contributed by atoms with van der Waals surface area (Å²) in [6.45, 7) is 7.81. The fourth-order valence-electron chi connectivity index (χ4n) is 7.43. The van der Waals surface area contributed by atoms with Crippen LogP contribution in [0.4, 0.5) is 13.2 Å². The van der Waals surface area contributed by atoms with Crippen LogP contribution in [0, 0.1) is 34.5 Å². The molecule has 0 aromatic heterocycles. The minimum atomic E-state index is -5.68. The van der Waals surface area contributed by atoms with Crippen LogP contribution in [0.25, 0.3) is 0 Å². The molecule has 35 heavy (non-hydrogen) atoms. The first kappa shape index (κ1) is 26.5. The first-order chi connectivity index (χ1) is 16.1. The monoisotopic (exact) mass is 519 g/mol. The smallest absolute Gasteiger partial charge is 0.391 e. The largest absolute Gasteiger partial charge is 0.534 e. The minimum absolute atomic E-state index is 0.00775. The fraction of sp³-hybridized carbons (Fsp3) is 0.800. The van der Waals surface area contributed by atoms with Crippen LogP contribution >= 0.6 is 0 Å². The Hall–Kier alpha value is -1.55. The SMILES string of the molecule is CC(O)C(C)NC(=O)[C@H]1CC[C@H]2[C@@H]3CC=C4C=C(OS(=O)(=O)C(F)(F)F)CC[C@]4(C)[C@H]3CC[C@]12C. The molecule has 10 heteroatoms. The van der Waals surface area contributed by atoms with Crippen molar-refractivity contribution in [3.05, 3.63) is 23.5 Å². The third-order valence-corrected chi connectivity index (χ3v) is 10.6. The van der Waals surface area contributed by atoms with Gasteiger partial charge in [-0.2, -0.15) is 21.6 Å². The summed E-state index contributed by atoms with van der Waals surface area (Å²) in [5.41, 5.74) is -4.99. The molecular weight excluding hydrogens is 483 g/mol. The van der Waals surface area contributed by atoms with E-state index in [1.165, 1.54) is 6.08 Å². The molecule has 1 amide bonds. The minimum Gasteiger partial charge on any atom is -0.391 e. The summed E-state index contributed by atoms with van der Waals surface area (Å²) in [5, 5.41) is 12.8. The zero-order valence-electron chi connectivity index (χ0n) is 20.7. The number of amides is 1. The first-order valence-corrected chi connectivity index (χ1v) is 13.9. The molecule has 4 rings (SSSR count). The zero-order chi connectivity index (χ0) is 26.0. The molecule has 0 heterocycles. The Bertz CT molecular complexity index is 1040. The van der Waals surface area contributed by atoms with Gasteiger partial charge in [0, 0.05) is 12.3 Å². The molecule has 8 atom stereocenters. The van der Waals surface area contributed by atoms with Gasteiger partial charge in [-0.25, -0.2) is 0 Å². The van der Waals surface area contributed by atoms with Gasteiger partial charge in [0.25, 0.3) is 0 Å². The molecule has 0 saturated heterocycles. The van der Waals surface area contributed by atoms with E-state index in [9.17, 15) is 31.5 Å². The Morgan fingerprint density at radius 3 is 2.49 bits per heavy atom. The lowest BCUT2D eigenvalue weighted by atomic mass is 9.48. The maximum absolute atomic E-state index is 13.1. The van der Waals surface area contributed by atoms with Crippen molar-refractivity contribution in [2.75, 3.05) is 0 Å². The molecule has 2 saturated carbocycles. The summed E-state index contributed by atoms with van der Waals surface area (Å²) in [4.78, 5) is 13.1. The second kappa shape index (κ2) is 8.78. The highest BCUT2D eigenvalue weighted by molar-refractivity contribution is 7.87. The van der Waals surface area contributed by atoms with E-state index < -0.39 is 21.7 Å². The quantitative estimate of drug-likeness (QED) is 0.402. The number of carbonyl (C=O) groups excluding carboxylic acids is 1. The standard InChI is InChI=1S/C25H36F3NO5S/c1-14(15(2)30)29-22(31)21-8-7-19-18-6-5-16-13-17(34-35(32,33)25(26,27)28)9-11-23(16,3)20(18)10-12-24(19,21)4/h5,13-15,18-21,30H,6-12H2,1-4H3,(H,29,31)/t14?,15?,18-,19-,20-,21+,23-,24-/m0/s1. The molecule has 4 aliphatic carbocycles. The van der Waals surface area contributed by atoms with E-state index in [0.29, 0.717) is 24.2 Å². The summed E-state index contributed by atoms with van der Waals surface area (Å²) in [5.74, 6) is 0.788. The van der Waals surface area contributed by atoms with Crippen molar-refractivity contribution < 1.29 is 35.7 Å². The van der Waals surface area contributed by atoms with Crippen molar-refractivity contribution >= 4 is 16.0 Å². The van der Waals surface area contributed by atoms with E-state index in [4.69, 9.17) is 0 Å². The topological polar surface area (TPSA) is 92.7 Å². The van der Waals surface area contributed by atoms with Crippen LogP contribution in [0.3, 0.4) is 0 Å². The van der Waals surface area contributed by atoms with Crippen molar-refractivity contribution in [3.8, 4) is 0 Å². The molecule has 198 valence electrons. The van der Waals surface area contributed by atoms with Crippen molar-refractivity contribution in [1.29, 1.82) is 0 Å². The lowest BCUT2D eigenvalue weighted by Crippen LogP contribution is -2.52. The van der Waals surface area contributed by atoms with Crippen molar-refractivity contribution in [3.63, 3.8) is 0 Å². The fourth-order valence-corrected chi connectivity index (χ4v) is 7.94. The second-order valence-electron chi connectivity index (χ2n) is 11.5. The van der Waals surface area contributed by atoms with E-state index >= 15 is 0 Å². The van der Waals surface area contributed by atoms with Crippen LogP contribution in [0.2, 0.25) is 0 Å². The van der Waals surface area contributed by atoms with Gasteiger partial charge >= 0.3 is 15.6 Å². The van der Waals surface area contributed by atoms with E-state index in [0.717, 1.165) is 37.7 Å². The van der Waals surface area contributed by atoms with Gasteiger partial charge in [0.15, 0.2) is 0 Å². The highest BCUT2D eigenvalue weighted by atomic mass is 32.2. The van der Waals surface area contributed by atoms with Crippen molar-refractivity contribution in [2.24, 2.45) is 34.5 Å². The van der Waals surface area contributed by atoms with E-state index in [1.807, 2.05) is 6.08 Å². The number of carbonyl (C=O) groups is 1. The Morgan fingerprint density at radius 2 is 1.86 bits per heavy atom. The average Bonchev–Trinajstić information content (AvgIpc) is 3.10. The molecule has 2 N–H and O–H groups in total. The van der Waals surface area contributed by atoms with Crippen LogP contribution in [0.1, 0.15) is 72.6 Å². The lowest BCUT2D eigenvalue weighted by Gasteiger charge is -2.56. The second-order valence-corrected chi connectivity index (χ2v) is 13.0. The molecule has 0 spiro atoms. The average molecular weight is 520 g/mol. The highest BCUT2D eigenvalue weighted by Gasteiger charge is 2.60. The molecule has 0 bridgehead atoms. The van der Waals surface area contributed by atoms with Crippen LogP contribution in [0.5, 0.6) is 0 Å². The van der Waals surface area contributed by atoms with E-state index in [1.54, 1.807) is 13.8 Å². The summed E-state index contributed by atoms with van der Waals surface area (Å²) in [6, 6.07) is -0.313. The van der Waals surface area contributed by atoms with Gasteiger partial charge in [-0.1, -0.05) is 19.9 Å². The molecule has 0 aromatic carbocycles. The Labute approximate surface area is 205 Å². The maximum atomic E-state index is 13.1. The van der Waals surface area contributed by atoms with Gasteiger partial charge in [0.05, 0.1) is 12.1 Å². The van der Waals surface area contributed by atoms with Gasteiger partial charge in [-0.15, -0.1) is 0 Å². The molecule has 6 nitrogen and oxygen atoms in total. The third-order valence-electron chi connectivity index (χ3n) is 9.64. The molecule has 2 unspecified atom stereocenters. The number of allylic oxidation sites excluding steroid dienone is 4. The van der Waals surface area contributed by atoms with Crippen LogP contribution in [-0.2, 0) is 19.1 Å². The molecule has 0 radical (unpaired) electrons. The normalized spacial score (nSPS) is 38.7. The number of nitrogens with one attached hydrogen (secondary N) is 1. The van der Waals surface area contributed by atoms with E-state index in [2.05, 4.69) is 23.3 Å². The summed E-state index contributed by atoms with van der Waals surface area (Å²) in [7, 11) is -5.68. The number of aliphatic hydroxyl groups is 1. The van der Waals surface area contributed by atoms with Crippen molar-refractivity contribution in [1.82, 2.24) is 5.32 Å². The number of hydrogen-bond acceptors (Lipinski definition) is 5. The number of hydrogen-bond donors (Lipinski definition) is 2. The van der Waals surface area contributed by atoms with Crippen LogP contribution < -0.4 is 5.32 Å². The first-order valence-electron chi connectivity index (χ1n) is 12.5. The van der Waals surface area contributed by atoms with E-state index in [-0.39, 0.29) is 40.9 Å². The number of alkyl halides is 3. The maximum Gasteiger partial charge on any atom is 0.534 e. The lowest BCUT2D eigenvalue weighted by molar-refractivity contribution is -0.133. The molecular formula is C25H36F3NO5S. The molecule has 0 aromatic rings. The highest BCUT2D eigenvalue weighted by Crippen LogP contribution is 2.66. The number of rotatable bonds is 5. The summed E-state index contributed by atoms with van der Waals surface area (Å²) >= 11 is 0. The van der Waals surface area contributed by atoms with Gasteiger partial charge in [-0.05, 0) is 92.6 Å². The van der Waals surface area contributed by atoms with Crippen molar-refractivity contribution in [2.45, 2.75) is 90.3 Å². The van der Waals surface area contributed by atoms with Gasteiger partial charge < -0.3 is 14.6 Å². The van der Waals surface area contributed by atoms with Gasteiger partial charge in [0.2, 0.25) is 5.91 Å². The van der Waals surface area contributed by atoms with Gasteiger partial charge in [0.1, 0.15) is 5.76 Å². The molecule has 4 aliphatic rings. The Morgan fingerprint density at radius 1 is 1.17 bits per heavy atom. The Balaban J connectivity index is 1.54. The van der Waals surface area contributed by atoms with Crippen LogP contribution in [0.15, 0.2) is 23.5 Å². The van der Waals surface area contributed by atoms with Gasteiger partial charge in [-0.3, -0.25) is 4.79 Å². The number of fused-ring (bicyclic) bond motifs is 5. The predicted molar refractivity (Wildman–Crippen MR) is 124 cm³/mol. The Kier molecular flexibility index (Phi) is 6.65. The third kappa shape index (κ3) is 4.43. The molecule has 0 aliphatic heterocycles. The number of aliphatic hydroxyl groups excluding tert-OH is 1. The summed E-state index contributed by atoms with van der Waals surface area (Å²) < 4.78 is 65.8. The molecule has 2 fully saturated rings. The summed E-state index contributed by atoms with van der Waals surface area (Å²) in [6.07, 6.45) is 7.89. The van der Waals surface area contributed by atoms with Crippen LogP contribution in [-0.4, -0.2) is 37.1 Å². The predicted octanol–water partition coefficient (Wildman–Crippen LogP) is 4.81. The number of halogens is 3. The zero-order valence-corrected chi connectivity index (χ0v) is 21.5.